The molecule has 0 bridgehead atoms. The quantitative estimate of drug-likeness (QED) is 0.356. The molecule has 3 nitrogen and oxygen atoms in total. The van der Waals surface area contributed by atoms with Gasteiger partial charge in [-0.05, 0) is 62.7 Å². The Kier molecular flexibility index (Phi) is 10.4. The molecule has 1 amide bonds. The van der Waals surface area contributed by atoms with Gasteiger partial charge in [-0.1, -0.05) is 41.9 Å². The van der Waals surface area contributed by atoms with E-state index >= 15 is 0 Å². The highest BCUT2D eigenvalue weighted by Gasteiger charge is 2.05. The van der Waals surface area contributed by atoms with Gasteiger partial charge in [-0.3, -0.25) is 4.79 Å². The molecule has 0 spiro atoms. The Labute approximate surface area is 171 Å². The van der Waals surface area contributed by atoms with Crippen LogP contribution in [0.3, 0.4) is 0 Å². The van der Waals surface area contributed by atoms with Gasteiger partial charge in [0.25, 0.3) is 0 Å². The van der Waals surface area contributed by atoms with Crippen LogP contribution in [0.2, 0.25) is 5.02 Å². The number of carbonyl (C=O) groups is 1. The normalized spacial score (nSPS) is 10.8. The van der Waals surface area contributed by atoms with E-state index in [-0.39, 0.29) is 18.3 Å². The summed E-state index contributed by atoms with van der Waals surface area (Å²) in [6.07, 6.45) is 4.34. The van der Waals surface area contributed by atoms with Gasteiger partial charge in [-0.2, -0.15) is 0 Å². The van der Waals surface area contributed by atoms with Gasteiger partial charge in [0, 0.05) is 16.0 Å². The van der Waals surface area contributed by atoms with Crippen LogP contribution in [0.15, 0.2) is 59.5 Å². The minimum absolute atomic E-state index is 0. The molecule has 0 aromatic heterocycles. The van der Waals surface area contributed by atoms with Crippen molar-refractivity contribution in [2.75, 3.05) is 31.7 Å². The predicted octanol–water partition coefficient (Wildman–Crippen LogP) is 5.46. The molecule has 140 valence electrons. The fraction of sp³-hybridized carbons (Fsp3) is 0.250. The Balaban J connectivity index is 0.00000338. The summed E-state index contributed by atoms with van der Waals surface area (Å²) in [6, 6.07) is 15.3. The summed E-state index contributed by atoms with van der Waals surface area (Å²) in [5.41, 5.74) is 1.66. The molecule has 0 saturated heterocycles. The molecular formula is C20H24Cl2N2OS. The van der Waals surface area contributed by atoms with E-state index in [0.29, 0.717) is 5.02 Å². The summed E-state index contributed by atoms with van der Waals surface area (Å²) in [6.45, 7) is 1.06. The molecule has 0 aliphatic carbocycles. The number of carbonyl (C=O) groups excluding carboxylic acids is 1. The lowest BCUT2D eigenvalue weighted by atomic mass is 10.2. The summed E-state index contributed by atoms with van der Waals surface area (Å²) in [5, 5.41) is 3.58. The SMILES string of the molecule is CN(C)CCCSc1ccccc1NC(=O)C=Cc1ccccc1Cl.Cl. The van der Waals surface area contributed by atoms with Crippen molar-refractivity contribution in [1.82, 2.24) is 4.90 Å². The van der Waals surface area contributed by atoms with Gasteiger partial charge in [0.1, 0.15) is 0 Å². The van der Waals surface area contributed by atoms with Crippen LogP contribution >= 0.6 is 35.8 Å². The molecule has 0 unspecified atom stereocenters. The fourth-order valence-corrected chi connectivity index (χ4v) is 3.35. The Morgan fingerprint density at radius 1 is 1.15 bits per heavy atom. The number of halogens is 2. The first-order chi connectivity index (χ1) is 12.1. The van der Waals surface area contributed by atoms with E-state index in [1.165, 1.54) is 6.08 Å². The number of thioether (sulfide) groups is 1. The molecule has 2 aromatic rings. The average Bonchev–Trinajstić information content (AvgIpc) is 2.59. The van der Waals surface area contributed by atoms with Crippen molar-refractivity contribution in [1.29, 1.82) is 0 Å². The van der Waals surface area contributed by atoms with E-state index in [4.69, 9.17) is 11.6 Å². The first-order valence-corrected chi connectivity index (χ1v) is 9.53. The molecule has 0 aliphatic rings. The number of nitrogens with zero attached hydrogens (tertiary/aromatic N) is 1. The van der Waals surface area contributed by atoms with Crippen molar-refractivity contribution in [2.45, 2.75) is 11.3 Å². The zero-order valence-electron chi connectivity index (χ0n) is 14.9. The summed E-state index contributed by atoms with van der Waals surface area (Å²) in [4.78, 5) is 15.5. The number of rotatable bonds is 8. The van der Waals surface area contributed by atoms with Crippen molar-refractivity contribution in [3.63, 3.8) is 0 Å². The smallest absolute Gasteiger partial charge is 0.248 e. The molecule has 6 heteroatoms. The number of hydrogen-bond acceptors (Lipinski definition) is 3. The maximum atomic E-state index is 12.2. The van der Waals surface area contributed by atoms with Crippen molar-refractivity contribution in [3.8, 4) is 0 Å². The van der Waals surface area contributed by atoms with Crippen molar-refractivity contribution in [3.05, 3.63) is 65.2 Å². The van der Waals surface area contributed by atoms with Crippen LogP contribution in [0.4, 0.5) is 5.69 Å². The second-order valence-electron chi connectivity index (χ2n) is 5.85. The second kappa shape index (κ2) is 12.0. The van der Waals surface area contributed by atoms with Gasteiger partial charge in [-0.15, -0.1) is 24.2 Å². The lowest BCUT2D eigenvalue weighted by molar-refractivity contribution is -0.111. The second-order valence-corrected chi connectivity index (χ2v) is 7.39. The van der Waals surface area contributed by atoms with Gasteiger partial charge >= 0.3 is 0 Å². The number of hydrogen-bond donors (Lipinski definition) is 1. The molecule has 0 heterocycles. The first kappa shape index (κ1) is 22.6. The third kappa shape index (κ3) is 7.83. The van der Waals surface area contributed by atoms with Crippen LogP contribution in [0.25, 0.3) is 6.08 Å². The number of para-hydroxylation sites is 1. The Hall–Kier alpha value is -1.46. The predicted molar refractivity (Wildman–Crippen MR) is 117 cm³/mol. The Bertz CT molecular complexity index is 735. The molecule has 0 saturated carbocycles. The van der Waals surface area contributed by atoms with Crippen LogP contribution in [0.5, 0.6) is 0 Å². The third-order valence-electron chi connectivity index (χ3n) is 3.47. The number of benzene rings is 2. The molecule has 0 radical (unpaired) electrons. The van der Waals surface area contributed by atoms with E-state index in [2.05, 4.69) is 24.3 Å². The van der Waals surface area contributed by atoms with Gasteiger partial charge < -0.3 is 10.2 Å². The van der Waals surface area contributed by atoms with Gasteiger partial charge in [-0.25, -0.2) is 0 Å². The monoisotopic (exact) mass is 410 g/mol. The summed E-state index contributed by atoms with van der Waals surface area (Å²) in [7, 11) is 4.15. The molecule has 0 aliphatic heterocycles. The van der Waals surface area contributed by atoms with Crippen molar-refractivity contribution in [2.24, 2.45) is 0 Å². The molecule has 2 aromatic carbocycles. The van der Waals surface area contributed by atoms with Crippen molar-refractivity contribution < 1.29 is 4.79 Å². The van der Waals surface area contributed by atoms with Gasteiger partial charge in [0.2, 0.25) is 5.91 Å². The Morgan fingerprint density at radius 2 is 1.85 bits per heavy atom. The van der Waals surface area contributed by atoms with Crippen molar-refractivity contribution >= 4 is 53.4 Å². The van der Waals surface area contributed by atoms with Crippen LogP contribution in [-0.4, -0.2) is 37.2 Å². The highest BCUT2D eigenvalue weighted by molar-refractivity contribution is 7.99. The van der Waals surface area contributed by atoms with Crippen LogP contribution in [0, 0.1) is 0 Å². The molecule has 1 N–H and O–H groups in total. The lowest BCUT2D eigenvalue weighted by Crippen LogP contribution is -2.13. The molecule has 0 atom stereocenters. The lowest BCUT2D eigenvalue weighted by Gasteiger charge is -2.11. The molecule has 26 heavy (non-hydrogen) atoms. The minimum Gasteiger partial charge on any atom is -0.321 e. The average molecular weight is 411 g/mol. The largest absolute Gasteiger partial charge is 0.321 e. The van der Waals surface area contributed by atoms with E-state index in [1.54, 1.807) is 23.9 Å². The van der Waals surface area contributed by atoms with E-state index in [9.17, 15) is 4.79 Å². The topological polar surface area (TPSA) is 32.3 Å². The van der Waals surface area contributed by atoms with E-state index < -0.39 is 0 Å². The van der Waals surface area contributed by atoms with Gasteiger partial charge in [0.05, 0.1) is 5.69 Å². The number of nitrogens with one attached hydrogen (secondary N) is 1. The number of anilines is 1. The van der Waals surface area contributed by atoms with Crippen LogP contribution < -0.4 is 5.32 Å². The van der Waals surface area contributed by atoms with Crippen LogP contribution in [-0.2, 0) is 4.79 Å². The van der Waals surface area contributed by atoms with Crippen LogP contribution in [0.1, 0.15) is 12.0 Å². The number of amides is 1. The highest BCUT2D eigenvalue weighted by Crippen LogP contribution is 2.27. The third-order valence-corrected chi connectivity index (χ3v) is 4.98. The summed E-state index contributed by atoms with van der Waals surface area (Å²) in [5.74, 6) is 0.849. The highest BCUT2D eigenvalue weighted by atomic mass is 35.5. The first-order valence-electron chi connectivity index (χ1n) is 8.16. The zero-order chi connectivity index (χ0) is 18.1. The maximum Gasteiger partial charge on any atom is 0.248 e. The molecule has 0 fully saturated rings. The minimum atomic E-state index is -0.165. The Morgan fingerprint density at radius 3 is 2.58 bits per heavy atom. The molecule has 2 rings (SSSR count). The summed E-state index contributed by atoms with van der Waals surface area (Å²) >= 11 is 7.86. The maximum absolute atomic E-state index is 12.2. The van der Waals surface area contributed by atoms with E-state index in [0.717, 1.165) is 34.9 Å². The van der Waals surface area contributed by atoms with E-state index in [1.807, 2.05) is 42.5 Å². The summed E-state index contributed by atoms with van der Waals surface area (Å²) < 4.78 is 0. The fourth-order valence-electron chi connectivity index (χ4n) is 2.21. The zero-order valence-corrected chi connectivity index (χ0v) is 17.3. The molecular weight excluding hydrogens is 387 g/mol. The standard InChI is InChI=1S/C20H23ClN2OS.ClH/c1-23(2)14-7-15-25-19-11-6-5-10-18(19)22-20(24)13-12-16-8-3-4-9-17(16)21;/h3-6,8-13H,7,14-15H2,1-2H3,(H,22,24);1H. The van der Waals surface area contributed by atoms with Gasteiger partial charge in [0.15, 0.2) is 0 Å².